The second-order valence-electron chi connectivity index (χ2n) is 16.2. The molecule has 3 fully saturated rings. The van der Waals surface area contributed by atoms with Crippen LogP contribution in [0.15, 0.2) is 35.5 Å². The summed E-state index contributed by atoms with van der Waals surface area (Å²) in [5, 5.41) is 10.7. The molecule has 3 saturated carbocycles. The fourth-order valence-electron chi connectivity index (χ4n) is 8.26. The first-order valence-corrected chi connectivity index (χ1v) is 23.4. The van der Waals surface area contributed by atoms with E-state index in [0.29, 0.717) is 29.6 Å². The maximum Gasteiger partial charge on any atom is 0.308 e. The molecule has 0 saturated heterocycles. The van der Waals surface area contributed by atoms with Crippen molar-refractivity contribution in [2.45, 2.75) is 148 Å². The molecule has 7 heteroatoms. The van der Waals surface area contributed by atoms with Crippen LogP contribution in [-0.2, 0) is 18.4 Å². The molecule has 1 unspecified atom stereocenters. The number of allylic oxidation sites excluding steroid dienone is 3. The van der Waals surface area contributed by atoms with Crippen molar-refractivity contribution in [1.29, 1.82) is 0 Å². The Morgan fingerprint density at radius 1 is 1.14 bits per heavy atom. The zero-order chi connectivity index (χ0) is 31.5. The number of hydrogen-bond donors (Lipinski definition) is 1. The van der Waals surface area contributed by atoms with Gasteiger partial charge in [-0.25, -0.2) is 0 Å². The number of aliphatic hydroxyl groups is 1. The monoisotopic (exact) mass is 618 g/mol. The van der Waals surface area contributed by atoms with Gasteiger partial charge >= 0.3 is 5.97 Å². The van der Waals surface area contributed by atoms with E-state index in [1.165, 1.54) is 44.8 Å². The molecule has 0 spiro atoms. The molecule has 0 amide bonds. The first-order valence-electron chi connectivity index (χ1n) is 16.6. The highest BCUT2D eigenvalue weighted by Gasteiger charge is 2.50. The molecule has 0 aliphatic heterocycles. The van der Waals surface area contributed by atoms with Gasteiger partial charge in [0.1, 0.15) is 0 Å². The normalized spacial score (nSPS) is 33.0. The molecule has 42 heavy (non-hydrogen) atoms. The van der Waals surface area contributed by atoms with Gasteiger partial charge in [-0.15, -0.1) is 0 Å². The topological polar surface area (TPSA) is 65.0 Å². The van der Waals surface area contributed by atoms with Gasteiger partial charge in [0, 0.05) is 6.42 Å². The second-order valence-corrected chi connectivity index (χ2v) is 25.1. The summed E-state index contributed by atoms with van der Waals surface area (Å²) >= 11 is 0. The molecule has 0 aromatic carbocycles. The number of carbonyl (C=O) groups excluding carboxylic acids is 1. The third-order valence-corrected chi connectivity index (χ3v) is 12.1. The summed E-state index contributed by atoms with van der Waals surface area (Å²) in [5.74, 6) is 1.59. The Balaban J connectivity index is 1.72. The minimum Gasteiger partial charge on any atom is -0.469 e. The number of hydrogen-bond acceptors (Lipinski definition) is 5. The van der Waals surface area contributed by atoms with E-state index in [-0.39, 0.29) is 24.6 Å². The lowest BCUT2D eigenvalue weighted by molar-refractivity contribution is -0.145. The largest absolute Gasteiger partial charge is 0.469 e. The minimum atomic E-state index is -1.72. The molecule has 7 atom stereocenters. The molecule has 0 aromatic heterocycles. The summed E-state index contributed by atoms with van der Waals surface area (Å²) in [5.41, 5.74) is 3.42. The maximum atomic E-state index is 11.7. The van der Waals surface area contributed by atoms with E-state index in [4.69, 9.17) is 13.6 Å². The number of rotatable bonds is 12. The van der Waals surface area contributed by atoms with E-state index < -0.39 is 22.2 Å². The van der Waals surface area contributed by atoms with E-state index in [9.17, 15) is 9.90 Å². The molecule has 0 bridgehead atoms. The van der Waals surface area contributed by atoms with Crippen LogP contribution < -0.4 is 0 Å². The van der Waals surface area contributed by atoms with Crippen LogP contribution in [0.25, 0.3) is 0 Å². The molecule has 3 rings (SSSR count). The molecular formula is C35H62O5Si2. The predicted octanol–water partition coefficient (Wildman–Crippen LogP) is 8.97. The number of esters is 1. The molecule has 0 aromatic rings. The van der Waals surface area contributed by atoms with Crippen LogP contribution in [0.2, 0.25) is 39.3 Å². The van der Waals surface area contributed by atoms with Gasteiger partial charge in [0.25, 0.3) is 0 Å². The fourth-order valence-corrected chi connectivity index (χ4v) is 10.5. The SMILES string of the molecule is C=C1/C(=C\C=C2CCC[C@@]3(C)C2CC[C@@H]3[C@H](C)CCC[C@@](C)(O)CC(=O)OC)C[C@@H](O[Si](C)(C)C)C[C@H]1O[Si](C)(C)C. The summed E-state index contributed by atoms with van der Waals surface area (Å²) in [6.07, 6.45) is 15.9. The smallest absolute Gasteiger partial charge is 0.308 e. The molecule has 5 nitrogen and oxygen atoms in total. The zero-order valence-electron chi connectivity index (χ0n) is 28.6. The lowest BCUT2D eigenvalue weighted by Gasteiger charge is -2.44. The molecule has 0 radical (unpaired) electrons. The van der Waals surface area contributed by atoms with E-state index in [0.717, 1.165) is 31.3 Å². The number of ether oxygens (including phenoxy) is 1. The van der Waals surface area contributed by atoms with Crippen LogP contribution in [0.1, 0.15) is 91.4 Å². The number of carbonyl (C=O) groups is 1. The van der Waals surface area contributed by atoms with Crippen molar-refractivity contribution in [3.8, 4) is 0 Å². The van der Waals surface area contributed by atoms with Crippen molar-refractivity contribution in [3.05, 3.63) is 35.5 Å². The Morgan fingerprint density at radius 2 is 1.81 bits per heavy atom. The molecule has 3 aliphatic rings. The summed E-state index contributed by atoms with van der Waals surface area (Å²) in [4.78, 5) is 11.7. The Hall–Kier alpha value is -0.996. The molecular weight excluding hydrogens is 557 g/mol. The third kappa shape index (κ3) is 9.75. The van der Waals surface area contributed by atoms with Gasteiger partial charge in [-0.1, -0.05) is 51.0 Å². The first kappa shape index (κ1) is 35.5. The van der Waals surface area contributed by atoms with Gasteiger partial charge in [-0.3, -0.25) is 4.79 Å². The van der Waals surface area contributed by atoms with Crippen LogP contribution in [0, 0.1) is 23.2 Å². The highest BCUT2D eigenvalue weighted by atomic mass is 28.4. The highest BCUT2D eigenvalue weighted by Crippen LogP contribution is 2.60. The fraction of sp³-hybridized carbons (Fsp3) is 0.800. The lowest BCUT2D eigenvalue weighted by Crippen LogP contribution is -2.42. The van der Waals surface area contributed by atoms with E-state index in [1.54, 1.807) is 12.5 Å². The first-order chi connectivity index (χ1) is 19.3. The predicted molar refractivity (Wildman–Crippen MR) is 179 cm³/mol. The molecule has 3 aliphatic carbocycles. The van der Waals surface area contributed by atoms with Crippen molar-refractivity contribution < 1.29 is 23.5 Å². The van der Waals surface area contributed by atoms with Gasteiger partial charge in [0.15, 0.2) is 16.6 Å². The number of methoxy groups -OCH3 is 1. The Kier molecular flexibility index (Phi) is 11.8. The molecule has 0 heterocycles. The number of fused-ring (bicyclic) bond motifs is 1. The summed E-state index contributed by atoms with van der Waals surface area (Å²) in [7, 11) is -2.00. The minimum absolute atomic E-state index is 0.0538. The summed E-state index contributed by atoms with van der Waals surface area (Å²) < 4.78 is 18.0. The average molecular weight is 619 g/mol. The summed E-state index contributed by atoms with van der Waals surface area (Å²) in [6, 6.07) is 0. The van der Waals surface area contributed by atoms with Crippen LogP contribution in [-0.4, -0.2) is 52.6 Å². The van der Waals surface area contributed by atoms with E-state index >= 15 is 0 Å². The average Bonchev–Trinajstić information content (AvgIpc) is 3.20. The van der Waals surface area contributed by atoms with Gasteiger partial charge in [-0.05, 0) is 125 Å². The quantitative estimate of drug-likeness (QED) is 0.175. The molecule has 240 valence electrons. The van der Waals surface area contributed by atoms with E-state index in [2.05, 4.69) is 71.9 Å². The van der Waals surface area contributed by atoms with Crippen molar-refractivity contribution >= 4 is 22.6 Å². The standard InChI is InChI=1S/C35H62O5Si2/c1-25(14-12-20-34(3,37)24-33(36)38-5)30-18-19-31-27(15-13-21-35(30,31)4)16-17-28-22-29(39-41(6,7)8)23-32(26(28)2)40-42(9,10)11/h16-17,25,29-32,37H,2,12-15,18-24H2,1,3-11H3/b27-16?,28-17-/t25-,29-,30-,31?,32-,34-,35-/m1/s1. The van der Waals surface area contributed by atoms with Crippen molar-refractivity contribution in [2.24, 2.45) is 23.2 Å². The van der Waals surface area contributed by atoms with Crippen LogP contribution in [0.5, 0.6) is 0 Å². The van der Waals surface area contributed by atoms with Crippen LogP contribution in [0.4, 0.5) is 0 Å². The van der Waals surface area contributed by atoms with Crippen molar-refractivity contribution in [1.82, 2.24) is 0 Å². The van der Waals surface area contributed by atoms with Crippen molar-refractivity contribution in [3.63, 3.8) is 0 Å². The van der Waals surface area contributed by atoms with Crippen LogP contribution >= 0.6 is 0 Å². The third-order valence-electron chi connectivity index (χ3n) is 10.1. The van der Waals surface area contributed by atoms with Gasteiger partial charge in [0.05, 0.1) is 31.3 Å². The van der Waals surface area contributed by atoms with Gasteiger partial charge < -0.3 is 18.7 Å². The second kappa shape index (κ2) is 14.0. The zero-order valence-corrected chi connectivity index (χ0v) is 30.6. The Labute approximate surface area is 259 Å². The molecule has 1 N–H and O–H groups in total. The van der Waals surface area contributed by atoms with Gasteiger partial charge in [0.2, 0.25) is 0 Å². The van der Waals surface area contributed by atoms with E-state index in [1.807, 2.05) is 0 Å². The maximum absolute atomic E-state index is 11.7. The Bertz CT molecular complexity index is 1020. The van der Waals surface area contributed by atoms with Crippen molar-refractivity contribution in [2.75, 3.05) is 7.11 Å². The van der Waals surface area contributed by atoms with Crippen LogP contribution in [0.3, 0.4) is 0 Å². The lowest BCUT2D eigenvalue weighted by atomic mass is 9.60. The Morgan fingerprint density at radius 3 is 2.43 bits per heavy atom. The van der Waals surface area contributed by atoms with Gasteiger partial charge in [-0.2, -0.15) is 0 Å². The highest BCUT2D eigenvalue weighted by molar-refractivity contribution is 6.70. The summed E-state index contributed by atoms with van der Waals surface area (Å²) in [6.45, 7) is 24.9.